The summed E-state index contributed by atoms with van der Waals surface area (Å²) in [4.78, 5) is 11.1. The molecule has 1 aromatic rings. The number of carbonyl (C=O) groups is 1. The molecule has 0 fully saturated rings. The lowest BCUT2D eigenvalue weighted by molar-refractivity contribution is -0.150. The molecule has 1 atom stereocenters. The summed E-state index contributed by atoms with van der Waals surface area (Å²) in [5.41, 5.74) is -0.389. The fourth-order valence-corrected chi connectivity index (χ4v) is 1.52. The molecule has 5 nitrogen and oxygen atoms in total. The van der Waals surface area contributed by atoms with Gasteiger partial charge in [0.15, 0.2) is 17.6 Å². The largest absolute Gasteiger partial charge is 0.504 e. The topological polar surface area (TPSA) is 76.0 Å². The van der Waals surface area contributed by atoms with Crippen LogP contribution in [0.2, 0.25) is 5.02 Å². The highest BCUT2D eigenvalue weighted by atomic mass is 35.5. The Labute approximate surface area is 101 Å². The quantitative estimate of drug-likeness (QED) is 0.807. The van der Waals surface area contributed by atoms with E-state index in [-0.39, 0.29) is 16.3 Å². The van der Waals surface area contributed by atoms with Crippen LogP contribution in [0.25, 0.3) is 0 Å². The van der Waals surface area contributed by atoms with Gasteiger partial charge in [0, 0.05) is 5.56 Å². The Morgan fingerprint density at radius 1 is 1.53 bits per heavy atom. The molecule has 0 heterocycles. The van der Waals surface area contributed by atoms with E-state index in [1.54, 1.807) is 0 Å². The SMILES string of the molecule is COC(=O)C(O)c1cc(Cl)c(OC)c(F)c1O. The van der Waals surface area contributed by atoms with Crippen LogP contribution in [0, 0.1) is 5.82 Å². The number of phenolic OH excluding ortho intramolecular Hbond substituents is 1. The monoisotopic (exact) mass is 264 g/mol. The highest BCUT2D eigenvalue weighted by Gasteiger charge is 2.26. The Hall–Kier alpha value is -1.53. The minimum atomic E-state index is -1.82. The summed E-state index contributed by atoms with van der Waals surface area (Å²) < 4.78 is 22.4. The molecular formula is C10H10ClFO5. The first-order valence-corrected chi connectivity index (χ1v) is 4.82. The van der Waals surface area contributed by atoms with Crippen molar-refractivity contribution in [3.8, 4) is 11.5 Å². The van der Waals surface area contributed by atoms with Gasteiger partial charge in [-0.3, -0.25) is 0 Å². The number of esters is 1. The summed E-state index contributed by atoms with van der Waals surface area (Å²) in [7, 11) is 2.21. The Kier molecular flexibility index (Phi) is 4.14. The molecule has 0 amide bonds. The van der Waals surface area contributed by atoms with E-state index in [0.717, 1.165) is 13.2 Å². The van der Waals surface area contributed by atoms with Crippen molar-refractivity contribution >= 4 is 17.6 Å². The van der Waals surface area contributed by atoms with Gasteiger partial charge in [-0.15, -0.1) is 0 Å². The molecule has 0 radical (unpaired) electrons. The molecule has 0 aromatic heterocycles. The summed E-state index contributed by atoms with van der Waals surface area (Å²) in [6.45, 7) is 0. The molecule has 0 aliphatic carbocycles. The van der Waals surface area contributed by atoms with E-state index in [1.165, 1.54) is 7.11 Å². The van der Waals surface area contributed by atoms with Gasteiger partial charge < -0.3 is 19.7 Å². The fourth-order valence-electron chi connectivity index (χ4n) is 1.24. The highest BCUT2D eigenvalue weighted by Crippen LogP contribution is 2.38. The van der Waals surface area contributed by atoms with Crippen LogP contribution in [0.5, 0.6) is 11.5 Å². The van der Waals surface area contributed by atoms with E-state index in [1.807, 2.05) is 0 Å². The third kappa shape index (κ3) is 2.42. The number of hydrogen-bond acceptors (Lipinski definition) is 5. The second-order valence-electron chi connectivity index (χ2n) is 3.07. The van der Waals surface area contributed by atoms with Crippen LogP contribution in [0.3, 0.4) is 0 Å². The molecule has 0 saturated heterocycles. The number of phenols is 1. The second kappa shape index (κ2) is 5.20. The lowest BCUT2D eigenvalue weighted by Gasteiger charge is -2.13. The van der Waals surface area contributed by atoms with Crippen LogP contribution < -0.4 is 4.74 Å². The Morgan fingerprint density at radius 2 is 2.12 bits per heavy atom. The van der Waals surface area contributed by atoms with E-state index in [2.05, 4.69) is 9.47 Å². The van der Waals surface area contributed by atoms with Gasteiger partial charge in [0.05, 0.1) is 19.2 Å². The van der Waals surface area contributed by atoms with Gasteiger partial charge in [0.2, 0.25) is 5.82 Å². The third-order valence-electron chi connectivity index (χ3n) is 2.10. The predicted octanol–water partition coefficient (Wildman–Crippen LogP) is 1.40. The fraction of sp³-hybridized carbons (Fsp3) is 0.300. The van der Waals surface area contributed by atoms with Crippen LogP contribution >= 0.6 is 11.6 Å². The molecule has 0 aliphatic rings. The van der Waals surface area contributed by atoms with E-state index in [9.17, 15) is 19.4 Å². The minimum absolute atomic E-state index is 0.180. The lowest BCUT2D eigenvalue weighted by Crippen LogP contribution is -2.14. The van der Waals surface area contributed by atoms with Crippen LogP contribution in [0.4, 0.5) is 4.39 Å². The maximum atomic E-state index is 13.5. The van der Waals surface area contributed by atoms with Crippen molar-refractivity contribution in [3.63, 3.8) is 0 Å². The summed E-state index contributed by atoms with van der Waals surface area (Å²) in [6, 6.07) is 1.03. The van der Waals surface area contributed by atoms with Gasteiger partial charge in [-0.25, -0.2) is 4.79 Å². The number of benzene rings is 1. The van der Waals surface area contributed by atoms with Gasteiger partial charge >= 0.3 is 5.97 Å². The first-order chi connectivity index (χ1) is 7.93. The molecule has 7 heteroatoms. The molecular weight excluding hydrogens is 255 g/mol. The smallest absolute Gasteiger partial charge is 0.339 e. The number of rotatable bonds is 3. The highest BCUT2D eigenvalue weighted by molar-refractivity contribution is 6.32. The van der Waals surface area contributed by atoms with Gasteiger partial charge in [-0.05, 0) is 6.07 Å². The third-order valence-corrected chi connectivity index (χ3v) is 2.38. The summed E-state index contributed by atoms with van der Waals surface area (Å²) in [6.07, 6.45) is -1.82. The number of methoxy groups -OCH3 is 2. The Bertz CT molecular complexity index is 449. The standard InChI is InChI=1S/C10H10ClFO5/c1-16-9-5(11)3-4(7(13)6(9)12)8(14)10(15)17-2/h3,8,13-14H,1-2H3. The number of carbonyl (C=O) groups excluding carboxylic acids is 1. The summed E-state index contributed by atoms with van der Waals surface area (Å²) >= 11 is 5.66. The maximum absolute atomic E-state index is 13.5. The zero-order valence-electron chi connectivity index (χ0n) is 9.03. The first kappa shape index (κ1) is 13.5. The van der Waals surface area contributed by atoms with Gasteiger partial charge in [0.1, 0.15) is 0 Å². The van der Waals surface area contributed by atoms with E-state index in [4.69, 9.17) is 11.6 Å². The molecule has 1 rings (SSSR count). The molecule has 2 N–H and O–H groups in total. The van der Waals surface area contributed by atoms with Crippen LogP contribution in [-0.4, -0.2) is 30.4 Å². The number of ether oxygens (including phenoxy) is 2. The predicted molar refractivity (Wildman–Crippen MR) is 56.6 cm³/mol. The van der Waals surface area contributed by atoms with E-state index >= 15 is 0 Å². The van der Waals surface area contributed by atoms with Gasteiger partial charge in [-0.1, -0.05) is 11.6 Å². The minimum Gasteiger partial charge on any atom is -0.504 e. The van der Waals surface area contributed by atoms with E-state index < -0.39 is 23.6 Å². The average Bonchev–Trinajstić information content (AvgIpc) is 2.32. The van der Waals surface area contributed by atoms with Crippen LogP contribution in [0.15, 0.2) is 6.07 Å². The average molecular weight is 265 g/mol. The zero-order valence-corrected chi connectivity index (χ0v) is 9.79. The van der Waals surface area contributed by atoms with Crippen molar-refractivity contribution in [2.45, 2.75) is 6.10 Å². The lowest BCUT2D eigenvalue weighted by atomic mass is 10.1. The number of aliphatic hydroxyl groups excluding tert-OH is 1. The van der Waals surface area contributed by atoms with Crippen LogP contribution in [-0.2, 0) is 9.53 Å². The van der Waals surface area contributed by atoms with Gasteiger partial charge in [0.25, 0.3) is 0 Å². The Morgan fingerprint density at radius 3 is 2.59 bits per heavy atom. The molecule has 0 spiro atoms. The normalized spacial score (nSPS) is 12.1. The molecule has 0 saturated carbocycles. The van der Waals surface area contributed by atoms with Crippen molar-refractivity contribution in [1.29, 1.82) is 0 Å². The molecule has 17 heavy (non-hydrogen) atoms. The van der Waals surface area contributed by atoms with Gasteiger partial charge in [-0.2, -0.15) is 4.39 Å². The molecule has 1 aromatic carbocycles. The first-order valence-electron chi connectivity index (χ1n) is 4.44. The number of halogens is 2. The van der Waals surface area contributed by atoms with Crippen LogP contribution in [0.1, 0.15) is 11.7 Å². The molecule has 0 bridgehead atoms. The second-order valence-corrected chi connectivity index (χ2v) is 3.48. The molecule has 94 valence electrons. The number of hydrogen-bond donors (Lipinski definition) is 2. The Balaban J connectivity index is 3.32. The maximum Gasteiger partial charge on any atom is 0.339 e. The number of aliphatic hydroxyl groups is 1. The van der Waals surface area contributed by atoms with Crippen molar-refractivity contribution in [2.75, 3.05) is 14.2 Å². The van der Waals surface area contributed by atoms with E-state index in [0.29, 0.717) is 0 Å². The van der Waals surface area contributed by atoms with Crippen molar-refractivity contribution in [1.82, 2.24) is 0 Å². The molecule has 0 aliphatic heterocycles. The zero-order chi connectivity index (χ0) is 13.2. The van der Waals surface area contributed by atoms with Crippen molar-refractivity contribution < 1.29 is 28.9 Å². The van der Waals surface area contributed by atoms with Crippen molar-refractivity contribution in [3.05, 3.63) is 22.5 Å². The molecule has 1 unspecified atom stereocenters. The number of aromatic hydroxyl groups is 1. The van der Waals surface area contributed by atoms with Crippen molar-refractivity contribution in [2.24, 2.45) is 0 Å². The summed E-state index contributed by atoms with van der Waals surface area (Å²) in [5.74, 6) is -3.48. The summed E-state index contributed by atoms with van der Waals surface area (Å²) in [5, 5.41) is 18.8.